The average molecular weight is 462 g/mol. The first-order chi connectivity index (χ1) is 13.4. The van der Waals surface area contributed by atoms with Gasteiger partial charge in [0.1, 0.15) is 11.6 Å². The number of halogens is 1. The van der Waals surface area contributed by atoms with E-state index in [2.05, 4.69) is 36.4 Å². The van der Waals surface area contributed by atoms with Gasteiger partial charge in [0.15, 0.2) is 17.1 Å². The van der Waals surface area contributed by atoms with Gasteiger partial charge in [0.05, 0.1) is 5.75 Å². The molecule has 2 heterocycles. The number of hydrogen-bond donors (Lipinski definition) is 1. The Balaban J connectivity index is 1.57. The van der Waals surface area contributed by atoms with Crippen LogP contribution in [0.15, 0.2) is 52.2 Å². The SMILES string of the molecule is Cc1ccc(OC(C)c2nnc(SCC(=O)Nc3ccc(Br)cn3)n2C)cc1. The highest BCUT2D eigenvalue weighted by molar-refractivity contribution is 9.10. The van der Waals surface area contributed by atoms with Crippen LogP contribution in [0, 0.1) is 6.92 Å². The number of nitrogens with zero attached hydrogens (tertiary/aromatic N) is 4. The van der Waals surface area contributed by atoms with Crippen molar-refractivity contribution in [2.75, 3.05) is 11.1 Å². The van der Waals surface area contributed by atoms with Crippen LogP contribution in [0.2, 0.25) is 0 Å². The van der Waals surface area contributed by atoms with E-state index in [1.807, 2.05) is 55.8 Å². The topological polar surface area (TPSA) is 81.9 Å². The molecule has 2 aromatic heterocycles. The molecule has 0 spiro atoms. The van der Waals surface area contributed by atoms with Gasteiger partial charge in [-0.3, -0.25) is 4.79 Å². The molecule has 0 aliphatic carbocycles. The Morgan fingerprint density at radius 2 is 2.00 bits per heavy atom. The maximum Gasteiger partial charge on any atom is 0.236 e. The molecular formula is C19H20BrN5O2S. The number of benzene rings is 1. The largest absolute Gasteiger partial charge is 0.483 e. The first-order valence-corrected chi connectivity index (χ1v) is 10.4. The van der Waals surface area contributed by atoms with Gasteiger partial charge in [-0.1, -0.05) is 29.5 Å². The summed E-state index contributed by atoms with van der Waals surface area (Å²) in [6.45, 7) is 3.95. The van der Waals surface area contributed by atoms with E-state index < -0.39 is 0 Å². The highest BCUT2D eigenvalue weighted by Crippen LogP contribution is 2.24. The summed E-state index contributed by atoms with van der Waals surface area (Å²) in [5.74, 6) is 2.02. The van der Waals surface area contributed by atoms with Gasteiger partial charge in [0, 0.05) is 17.7 Å². The van der Waals surface area contributed by atoms with Crippen molar-refractivity contribution in [3.8, 4) is 5.75 Å². The fourth-order valence-corrected chi connectivity index (χ4v) is 3.39. The normalized spacial score (nSPS) is 11.9. The third kappa shape index (κ3) is 5.32. The van der Waals surface area contributed by atoms with Crippen molar-refractivity contribution >= 4 is 39.4 Å². The number of aromatic nitrogens is 4. The molecule has 0 aliphatic rings. The first-order valence-electron chi connectivity index (χ1n) is 8.59. The number of aryl methyl sites for hydroxylation is 1. The Morgan fingerprint density at radius 1 is 1.25 bits per heavy atom. The minimum atomic E-state index is -0.268. The van der Waals surface area contributed by atoms with Crippen LogP contribution in [-0.4, -0.2) is 31.4 Å². The molecule has 1 aromatic carbocycles. The van der Waals surface area contributed by atoms with Gasteiger partial charge in [-0.2, -0.15) is 0 Å². The third-order valence-corrected chi connectivity index (χ3v) is 5.38. The summed E-state index contributed by atoms with van der Waals surface area (Å²) in [6.07, 6.45) is 1.36. The van der Waals surface area contributed by atoms with Crippen LogP contribution < -0.4 is 10.1 Å². The molecule has 3 aromatic rings. The van der Waals surface area contributed by atoms with Crippen LogP contribution in [0.4, 0.5) is 5.82 Å². The van der Waals surface area contributed by atoms with E-state index in [0.717, 1.165) is 10.2 Å². The zero-order valence-corrected chi connectivity index (χ0v) is 18.1. The number of carbonyl (C=O) groups excluding carboxylic acids is 1. The first kappa shape index (κ1) is 20.3. The molecule has 1 atom stereocenters. The van der Waals surface area contributed by atoms with E-state index >= 15 is 0 Å². The standard InChI is InChI=1S/C19H20BrN5O2S/c1-12-4-7-15(8-5-12)27-13(2)18-23-24-19(25(18)3)28-11-17(26)22-16-9-6-14(20)10-21-16/h4-10,13H,11H2,1-3H3,(H,21,22,26). The lowest BCUT2D eigenvalue weighted by Gasteiger charge is -2.14. The Bertz CT molecular complexity index is 944. The molecule has 7 nitrogen and oxygen atoms in total. The number of hydrogen-bond acceptors (Lipinski definition) is 6. The molecule has 0 radical (unpaired) electrons. The number of pyridine rings is 1. The second-order valence-electron chi connectivity index (χ2n) is 6.17. The van der Waals surface area contributed by atoms with Crippen molar-refractivity contribution in [3.05, 3.63) is 58.5 Å². The van der Waals surface area contributed by atoms with Crippen LogP contribution in [0.1, 0.15) is 24.4 Å². The van der Waals surface area contributed by atoms with Gasteiger partial charge < -0.3 is 14.6 Å². The van der Waals surface area contributed by atoms with E-state index in [-0.39, 0.29) is 17.8 Å². The summed E-state index contributed by atoms with van der Waals surface area (Å²) in [5, 5.41) is 11.8. The van der Waals surface area contributed by atoms with Gasteiger partial charge in [-0.25, -0.2) is 4.98 Å². The fraction of sp³-hybridized carbons (Fsp3) is 0.263. The lowest BCUT2D eigenvalue weighted by atomic mass is 10.2. The van der Waals surface area contributed by atoms with Gasteiger partial charge in [-0.05, 0) is 54.0 Å². The van der Waals surface area contributed by atoms with Crippen LogP contribution in [-0.2, 0) is 11.8 Å². The minimum Gasteiger partial charge on any atom is -0.483 e. The summed E-state index contributed by atoms with van der Waals surface area (Å²) in [5.41, 5.74) is 1.17. The van der Waals surface area contributed by atoms with E-state index in [0.29, 0.717) is 16.8 Å². The average Bonchev–Trinajstić information content (AvgIpc) is 3.04. The molecule has 1 N–H and O–H groups in total. The van der Waals surface area contributed by atoms with Gasteiger partial charge in [0.2, 0.25) is 5.91 Å². The number of rotatable bonds is 7. The Morgan fingerprint density at radius 3 is 2.68 bits per heavy atom. The number of nitrogens with one attached hydrogen (secondary N) is 1. The summed E-state index contributed by atoms with van der Waals surface area (Å²) in [4.78, 5) is 16.3. The molecule has 0 aliphatic heterocycles. The highest BCUT2D eigenvalue weighted by Gasteiger charge is 2.18. The maximum atomic E-state index is 12.1. The predicted molar refractivity (Wildman–Crippen MR) is 113 cm³/mol. The van der Waals surface area contributed by atoms with Gasteiger partial charge in [-0.15, -0.1) is 10.2 Å². The monoisotopic (exact) mass is 461 g/mol. The molecular weight excluding hydrogens is 442 g/mol. The van der Waals surface area contributed by atoms with Crippen LogP contribution in [0.5, 0.6) is 5.75 Å². The second-order valence-corrected chi connectivity index (χ2v) is 8.03. The van der Waals surface area contributed by atoms with Crippen molar-refractivity contribution in [2.45, 2.75) is 25.1 Å². The maximum absolute atomic E-state index is 12.1. The zero-order chi connectivity index (χ0) is 20.1. The zero-order valence-electron chi connectivity index (χ0n) is 15.7. The summed E-state index contributed by atoms with van der Waals surface area (Å²) < 4.78 is 8.64. The molecule has 0 saturated heterocycles. The number of ether oxygens (including phenoxy) is 1. The number of amides is 1. The molecule has 0 fully saturated rings. The number of thioether (sulfide) groups is 1. The molecule has 0 saturated carbocycles. The molecule has 3 rings (SSSR count). The molecule has 146 valence electrons. The van der Waals surface area contributed by atoms with E-state index in [9.17, 15) is 4.79 Å². The van der Waals surface area contributed by atoms with Crippen molar-refractivity contribution < 1.29 is 9.53 Å². The second kappa shape index (κ2) is 9.20. The van der Waals surface area contributed by atoms with Crippen LogP contribution >= 0.6 is 27.7 Å². The van der Waals surface area contributed by atoms with E-state index in [1.165, 1.54) is 17.3 Å². The highest BCUT2D eigenvalue weighted by atomic mass is 79.9. The van der Waals surface area contributed by atoms with Gasteiger partial charge >= 0.3 is 0 Å². The Hall–Kier alpha value is -2.39. The fourth-order valence-electron chi connectivity index (χ4n) is 2.44. The third-order valence-electron chi connectivity index (χ3n) is 3.89. The van der Waals surface area contributed by atoms with Crippen molar-refractivity contribution in [2.24, 2.45) is 7.05 Å². The van der Waals surface area contributed by atoms with Crippen LogP contribution in [0.3, 0.4) is 0 Å². The predicted octanol–water partition coefficient (Wildman–Crippen LogP) is 4.15. The molecule has 1 amide bonds. The summed E-state index contributed by atoms with van der Waals surface area (Å²) >= 11 is 4.62. The molecule has 9 heteroatoms. The van der Waals surface area contributed by atoms with Gasteiger partial charge in [0.25, 0.3) is 0 Å². The van der Waals surface area contributed by atoms with E-state index in [1.54, 1.807) is 12.3 Å². The molecule has 28 heavy (non-hydrogen) atoms. The van der Waals surface area contributed by atoms with Crippen molar-refractivity contribution in [1.82, 2.24) is 19.7 Å². The minimum absolute atomic E-state index is 0.159. The Kier molecular flexibility index (Phi) is 6.69. The summed E-state index contributed by atoms with van der Waals surface area (Å²) in [7, 11) is 1.86. The number of carbonyl (C=O) groups is 1. The summed E-state index contributed by atoms with van der Waals surface area (Å²) in [6, 6.07) is 11.4. The quantitative estimate of drug-likeness (QED) is 0.532. The van der Waals surface area contributed by atoms with E-state index in [4.69, 9.17) is 4.74 Å². The Labute approximate surface area is 176 Å². The number of anilines is 1. The molecule has 0 bridgehead atoms. The molecule has 1 unspecified atom stereocenters. The lowest BCUT2D eigenvalue weighted by molar-refractivity contribution is -0.113. The van der Waals surface area contributed by atoms with Crippen molar-refractivity contribution in [3.63, 3.8) is 0 Å². The van der Waals surface area contributed by atoms with Crippen LogP contribution in [0.25, 0.3) is 0 Å². The lowest BCUT2D eigenvalue weighted by Crippen LogP contribution is -2.15. The smallest absolute Gasteiger partial charge is 0.236 e. The van der Waals surface area contributed by atoms with Crippen molar-refractivity contribution in [1.29, 1.82) is 0 Å².